The summed E-state index contributed by atoms with van der Waals surface area (Å²) in [6.45, 7) is 4.27. The first-order chi connectivity index (χ1) is 13.0. The fraction of sp³-hybridized carbons (Fsp3) is 0.500. The number of nitrogens with zero attached hydrogens (tertiary/aromatic N) is 1. The molecule has 1 aliphatic carbocycles. The molecule has 27 heavy (non-hydrogen) atoms. The summed E-state index contributed by atoms with van der Waals surface area (Å²) >= 11 is 0. The molecule has 1 aliphatic rings. The van der Waals surface area contributed by atoms with Crippen molar-refractivity contribution in [3.05, 3.63) is 23.8 Å². The molecule has 1 atom stereocenters. The van der Waals surface area contributed by atoms with Gasteiger partial charge in [-0.25, -0.2) is 0 Å². The highest BCUT2D eigenvalue weighted by Gasteiger charge is 2.34. The molecule has 1 saturated carbocycles. The lowest BCUT2D eigenvalue weighted by molar-refractivity contribution is -0.135. The third-order valence-corrected chi connectivity index (χ3v) is 4.24. The van der Waals surface area contributed by atoms with E-state index in [-0.39, 0.29) is 18.0 Å². The Morgan fingerprint density at radius 2 is 1.85 bits per heavy atom. The first kappa shape index (κ1) is 20.6. The van der Waals surface area contributed by atoms with Gasteiger partial charge < -0.3 is 14.6 Å². The second-order valence-corrected chi connectivity index (χ2v) is 6.24. The van der Waals surface area contributed by atoms with Gasteiger partial charge >= 0.3 is 5.97 Å². The Kier molecular flexibility index (Phi) is 7.52. The molecule has 1 fully saturated rings. The van der Waals surface area contributed by atoms with Crippen molar-refractivity contribution in [1.82, 2.24) is 0 Å². The molecule has 0 amide bonds. The van der Waals surface area contributed by atoms with Crippen LogP contribution >= 0.6 is 0 Å². The van der Waals surface area contributed by atoms with Gasteiger partial charge in [0.25, 0.3) is 0 Å². The molecule has 2 rings (SSSR count). The molecule has 0 aliphatic heterocycles. The second kappa shape index (κ2) is 9.85. The van der Waals surface area contributed by atoms with Crippen LogP contribution in [0.5, 0.6) is 11.5 Å². The minimum Gasteiger partial charge on any atom is -0.490 e. The van der Waals surface area contributed by atoms with Crippen LogP contribution in [-0.2, 0) is 20.8 Å². The number of rotatable bonds is 9. The molecule has 7 nitrogen and oxygen atoms in total. The number of benzene rings is 1. The molecule has 7 heteroatoms. The number of hydrogen-bond donors (Lipinski definition) is 1. The maximum absolute atomic E-state index is 12.8. The largest absolute Gasteiger partial charge is 0.490 e. The molecule has 0 radical (unpaired) electrons. The SMILES string of the molecule is CCOc1ccc(CC(=O)[C@@H]2C(=O)CCCC2=NCC(=O)O)cc1OCC. The van der Waals surface area contributed by atoms with Crippen LogP contribution in [-0.4, -0.2) is 48.1 Å². The van der Waals surface area contributed by atoms with E-state index in [1.807, 2.05) is 13.8 Å². The molecule has 1 aromatic carbocycles. The van der Waals surface area contributed by atoms with Crippen LogP contribution in [0.2, 0.25) is 0 Å². The fourth-order valence-corrected chi connectivity index (χ4v) is 3.13. The fourth-order valence-electron chi connectivity index (χ4n) is 3.13. The number of ether oxygens (including phenoxy) is 2. The highest BCUT2D eigenvalue weighted by molar-refractivity contribution is 6.22. The van der Waals surface area contributed by atoms with Gasteiger partial charge in [0.2, 0.25) is 0 Å². The van der Waals surface area contributed by atoms with Crippen LogP contribution in [0, 0.1) is 5.92 Å². The number of aliphatic imine (C=N–C) groups is 1. The highest BCUT2D eigenvalue weighted by atomic mass is 16.5. The van der Waals surface area contributed by atoms with E-state index in [0.29, 0.717) is 55.3 Å². The lowest BCUT2D eigenvalue weighted by atomic mass is 9.81. The highest BCUT2D eigenvalue weighted by Crippen LogP contribution is 2.29. The minimum absolute atomic E-state index is 0.0506. The normalized spacial score (nSPS) is 18.4. The van der Waals surface area contributed by atoms with Gasteiger partial charge in [0.1, 0.15) is 18.2 Å². The van der Waals surface area contributed by atoms with E-state index >= 15 is 0 Å². The number of hydrogen-bond acceptors (Lipinski definition) is 6. The average Bonchev–Trinajstić information content (AvgIpc) is 2.62. The number of carboxylic acids is 1. The van der Waals surface area contributed by atoms with E-state index in [1.165, 1.54) is 0 Å². The summed E-state index contributed by atoms with van der Waals surface area (Å²) in [6.07, 6.45) is 1.44. The molecule has 0 aromatic heterocycles. The van der Waals surface area contributed by atoms with Crippen molar-refractivity contribution in [2.45, 2.75) is 39.5 Å². The van der Waals surface area contributed by atoms with Gasteiger partial charge in [0.05, 0.1) is 13.2 Å². The lowest BCUT2D eigenvalue weighted by Crippen LogP contribution is -2.36. The molecule has 0 saturated heterocycles. The van der Waals surface area contributed by atoms with Crippen LogP contribution in [0.1, 0.15) is 38.7 Å². The molecular formula is C20H25NO6. The van der Waals surface area contributed by atoms with Crippen molar-refractivity contribution in [2.75, 3.05) is 19.8 Å². The molecule has 0 spiro atoms. The van der Waals surface area contributed by atoms with E-state index in [2.05, 4.69) is 4.99 Å². The minimum atomic E-state index is -1.08. The maximum Gasteiger partial charge on any atom is 0.325 e. The van der Waals surface area contributed by atoms with Crippen molar-refractivity contribution in [2.24, 2.45) is 10.9 Å². The van der Waals surface area contributed by atoms with Crippen LogP contribution in [0.4, 0.5) is 0 Å². The average molecular weight is 375 g/mol. The van der Waals surface area contributed by atoms with E-state index in [9.17, 15) is 14.4 Å². The summed E-state index contributed by atoms with van der Waals surface area (Å²) in [7, 11) is 0. The number of carbonyl (C=O) groups excluding carboxylic acids is 2. The number of carboxylic acid groups (broad SMARTS) is 1. The summed E-state index contributed by atoms with van der Waals surface area (Å²) in [5.41, 5.74) is 1.09. The molecule has 0 unspecified atom stereocenters. The summed E-state index contributed by atoms with van der Waals surface area (Å²) in [5, 5.41) is 8.82. The van der Waals surface area contributed by atoms with Crippen molar-refractivity contribution >= 4 is 23.2 Å². The van der Waals surface area contributed by atoms with Gasteiger partial charge in [-0.1, -0.05) is 6.07 Å². The Hall–Kier alpha value is -2.70. The summed E-state index contributed by atoms with van der Waals surface area (Å²) in [6, 6.07) is 5.26. The standard InChI is InChI=1S/C20H25NO6/c1-3-26-17-9-8-13(11-18(17)27-4-2)10-16(23)20-14(21-12-19(24)25)6-5-7-15(20)22/h8-9,11,20H,3-7,10,12H2,1-2H3,(H,24,25)/t20-/m0/s1. The molecule has 146 valence electrons. The predicted molar refractivity (Wildman–Crippen MR) is 99.8 cm³/mol. The third kappa shape index (κ3) is 5.64. The molecule has 0 heterocycles. The first-order valence-corrected chi connectivity index (χ1v) is 9.15. The Labute approximate surface area is 158 Å². The van der Waals surface area contributed by atoms with Crippen LogP contribution in [0.25, 0.3) is 0 Å². The summed E-state index contributed by atoms with van der Waals surface area (Å²) in [4.78, 5) is 39.9. The predicted octanol–water partition coefficient (Wildman–Crippen LogP) is 2.49. The second-order valence-electron chi connectivity index (χ2n) is 6.24. The number of aliphatic carboxylic acids is 1. The Morgan fingerprint density at radius 1 is 1.15 bits per heavy atom. The molecule has 0 bridgehead atoms. The van der Waals surface area contributed by atoms with Gasteiger partial charge in [0, 0.05) is 18.6 Å². The van der Waals surface area contributed by atoms with Gasteiger partial charge in [-0.15, -0.1) is 0 Å². The van der Waals surface area contributed by atoms with Crippen LogP contribution < -0.4 is 9.47 Å². The molecule has 1 N–H and O–H groups in total. The summed E-state index contributed by atoms with van der Waals surface area (Å²) in [5.74, 6) is -1.33. The number of carbonyl (C=O) groups is 3. The van der Waals surface area contributed by atoms with Gasteiger partial charge in [-0.2, -0.15) is 0 Å². The van der Waals surface area contributed by atoms with Crippen LogP contribution in [0.3, 0.4) is 0 Å². The number of Topliss-reactive ketones (excluding diaryl/α,β-unsaturated/α-hetero) is 2. The van der Waals surface area contributed by atoms with E-state index < -0.39 is 18.4 Å². The third-order valence-electron chi connectivity index (χ3n) is 4.24. The first-order valence-electron chi connectivity index (χ1n) is 9.15. The van der Waals surface area contributed by atoms with Gasteiger partial charge in [0.15, 0.2) is 17.3 Å². The monoisotopic (exact) mass is 375 g/mol. The van der Waals surface area contributed by atoms with Crippen molar-refractivity contribution in [3.63, 3.8) is 0 Å². The zero-order valence-corrected chi connectivity index (χ0v) is 15.7. The smallest absolute Gasteiger partial charge is 0.325 e. The summed E-state index contributed by atoms with van der Waals surface area (Å²) < 4.78 is 11.1. The van der Waals surface area contributed by atoms with Crippen LogP contribution in [0.15, 0.2) is 23.2 Å². The quantitative estimate of drug-likeness (QED) is 0.665. The Bertz CT molecular complexity index is 740. The zero-order chi connectivity index (χ0) is 19.8. The van der Waals surface area contributed by atoms with Crippen molar-refractivity contribution < 1.29 is 29.0 Å². The Balaban J connectivity index is 2.20. The van der Waals surface area contributed by atoms with Gasteiger partial charge in [-0.3, -0.25) is 19.4 Å². The van der Waals surface area contributed by atoms with Gasteiger partial charge in [-0.05, 0) is 44.4 Å². The van der Waals surface area contributed by atoms with E-state index in [1.54, 1.807) is 18.2 Å². The number of ketones is 2. The van der Waals surface area contributed by atoms with E-state index in [0.717, 1.165) is 0 Å². The molecular weight excluding hydrogens is 350 g/mol. The van der Waals surface area contributed by atoms with E-state index in [4.69, 9.17) is 14.6 Å². The lowest BCUT2D eigenvalue weighted by Gasteiger charge is -2.22. The zero-order valence-electron chi connectivity index (χ0n) is 15.7. The topological polar surface area (TPSA) is 102 Å². The Morgan fingerprint density at radius 3 is 2.52 bits per heavy atom. The van der Waals surface area contributed by atoms with Crippen molar-refractivity contribution in [1.29, 1.82) is 0 Å². The maximum atomic E-state index is 12.8. The molecule has 1 aromatic rings. The van der Waals surface area contributed by atoms with Crippen molar-refractivity contribution in [3.8, 4) is 11.5 Å².